The van der Waals surface area contributed by atoms with Crippen LogP contribution in [0.5, 0.6) is 0 Å². The number of aliphatic imine (C=N–C) groups is 1. The molecule has 0 amide bonds. The van der Waals surface area contributed by atoms with Crippen molar-refractivity contribution < 1.29 is 0 Å². The van der Waals surface area contributed by atoms with Crippen molar-refractivity contribution in [3.8, 4) is 0 Å². The summed E-state index contributed by atoms with van der Waals surface area (Å²) in [5.41, 5.74) is 3.27. The van der Waals surface area contributed by atoms with E-state index in [1.807, 2.05) is 33.1 Å². The molecule has 0 saturated heterocycles. The van der Waals surface area contributed by atoms with Gasteiger partial charge in [-0.05, 0) is 44.8 Å². The first-order valence-electron chi connectivity index (χ1n) is 8.23. The number of nitrogens with one attached hydrogen (secondary N) is 1. The minimum atomic E-state index is 0.539. The quantitative estimate of drug-likeness (QED) is 0.489. The molecule has 1 saturated carbocycles. The smallest absolute Gasteiger partial charge is 0.118 e. The van der Waals surface area contributed by atoms with E-state index in [1.165, 1.54) is 32.1 Å². The molecule has 22 heavy (non-hydrogen) atoms. The summed E-state index contributed by atoms with van der Waals surface area (Å²) in [5.74, 6) is 0.755. The standard InChI is InChI=1S/C20H30N2/c1-6-18(14-13-16(3)4)19(7-2)15-21-17(5)22-20-11-9-8-10-12-20/h6-7,13-15,20,22H,3,5,8-12H2,1-2,4H3/b14-13-,18-6+,19-7-,21-15?. The summed E-state index contributed by atoms with van der Waals surface area (Å²) in [5, 5.41) is 3.43. The van der Waals surface area contributed by atoms with Crippen molar-refractivity contribution >= 4 is 6.21 Å². The van der Waals surface area contributed by atoms with Gasteiger partial charge in [0, 0.05) is 12.3 Å². The van der Waals surface area contributed by atoms with E-state index in [4.69, 9.17) is 0 Å². The number of allylic oxidation sites excluding steroid dienone is 7. The van der Waals surface area contributed by atoms with Crippen molar-refractivity contribution in [2.45, 2.75) is 58.9 Å². The lowest BCUT2D eigenvalue weighted by molar-refractivity contribution is 0.396. The van der Waals surface area contributed by atoms with Gasteiger partial charge in [0.15, 0.2) is 0 Å². The molecule has 1 aliphatic carbocycles. The van der Waals surface area contributed by atoms with Crippen LogP contribution in [0.2, 0.25) is 0 Å². The predicted octanol–water partition coefficient (Wildman–Crippen LogP) is 5.48. The summed E-state index contributed by atoms with van der Waals surface area (Å²) in [6.07, 6.45) is 16.5. The van der Waals surface area contributed by atoms with Crippen molar-refractivity contribution in [2.75, 3.05) is 0 Å². The Morgan fingerprint density at radius 2 is 1.64 bits per heavy atom. The summed E-state index contributed by atoms with van der Waals surface area (Å²) in [6, 6.07) is 0.539. The van der Waals surface area contributed by atoms with E-state index >= 15 is 0 Å². The third-order valence-corrected chi connectivity index (χ3v) is 3.84. The van der Waals surface area contributed by atoms with Crippen LogP contribution in [0.3, 0.4) is 0 Å². The third kappa shape index (κ3) is 6.75. The molecule has 2 nitrogen and oxygen atoms in total. The Morgan fingerprint density at radius 3 is 2.18 bits per heavy atom. The highest BCUT2D eigenvalue weighted by Crippen LogP contribution is 2.18. The van der Waals surface area contributed by atoms with Crippen LogP contribution in [-0.4, -0.2) is 12.3 Å². The molecule has 1 aliphatic rings. The molecule has 0 unspecified atom stereocenters. The van der Waals surface area contributed by atoms with E-state index in [0.717, 1.165) is 22.5 Å². The van der Waals surface area contributed by atoms with Crippen molar-refractivity contribution in [2.24, 2.45) is 4.99 Å². The first-order valence-corrected chi connectivity index (χ1v) is 8.23. The molecule has 0 aromatic carbocycles. The molecule has 1 fully saturated rings. The topological polar surface area (TPSA) is 24.4 Å². The van der Waals surface area contributed by atoms with Gasteiger partial charge in [0.1, 0.15) is 5.82 Å². The monoisotopic (exact) mass is 298 g/mol. The van der Waals surface area contributed by atoms with E-state index in [2.05, 4.69) is 41.7 Å². The second-order valence-corrected chi connectivity index (χ2v) is 5.85. The fourth-order valence-electron chi connectivity index (χ4n) is 2.57. The van der Waals surface area contributed by atoms with E-state index in [1.54, 1.807) is 0 Å². The lowest BCUT2D eigenvalue weighted by Crippen LogP contribution is -2.29. The van der Waals surface area contributed by atoms with Gasteiger partial charge >= 0.3 is 0 Å². The maximum Gasteiger partial charge on any atom is 0.118 e. The van der Waals surface area contributed by atoms with Crippen LogP contribution in [0.25, 0.3) is 0 Å². The average molecular weight is 298 g/mol. The molecule has 0 aliphatic heterocycles. The predicted molar refractivity (Wildman–Crippen MR) is 99.1 cm³/mol. The Hall–Kier alpha value is -1.83. The lowest BCUT2D eigenvalue weighted by Gasteiger charge is -2.23. The van der Waals surface area contributed by atoms with E-state index < -0.39 is 0 Å². The van der Waals surface area contributed by atoms with Gasteiger partial charge in [-0.2, -0.15) is 0 Å². The number of hydrogen-bond donors (Lipinski definition) is 1. The van der Waals surface area contributed by atoms with Crippen LogP contribution in [-0.2, 0) is 0 Å². The Kier molecular flexibility index (Phi) is 8.27. The normalized spacial score (nSPS) is 18.1. The highest BCUT2D eigenvalue weighted by atomic mass is 15.0. The van der Waals surface area contributed by atoms with Gasteiger partial charge in [0.2, 0.25) is 0 Å². The largest absolute Gasteiger partial charge is 0.368 e. The van der Waals surface area contributed by atoms with Gasteiger partial charge in [0.05, 0.1) is 0 Å². The van der Waals surface area contributed by atoms with Gasteiger partial charge in [0.25, 0.3) is 0 Å². The third-order valence-electron chi connectivity index (χ3n) is 3.84. The Bertz CT molecular complexity index is 498. The number of hydrogen-bond acceptors (Lipinski definition) is 2. The second kappa shape index (κ2) is 9.99. The fourth-order valence-corrected chi connectivity index (χ4v) is 2.57. The molecular formula is C20H30N2. The van der Waals surface area contributed by atoms with E-state index in [0.29, 0.717) is 6.04 Å². The van der Waals surface area contributed by atoms with Crippen LogP contribution >= 0.6 is 0 Å². The molecule has 120 valence electrons. The first-order chi connectivity index (χ1) is 10.6. The Labute approximate surface area is 136 Å². The van der Waals surface area contributed by atoms with Gasteiger partial charge in [-0.25, -0.2) is 4.99 Å². The molecule has 2 heteroatoms. The summed E-state index contributed by atoms with van der Waals surface area (Å²) < 4.78 is 0. The zero-order valence-electron chi connectivity index (χ0n) is 14.4. The van der Waals surface area contributed by atoms with Crippen LogP contribution < -0.4 is 5.32 Å². The summed E-state index contributed by atoms with van der Waals surface area (Å²) in [7, 11) is 0. The number of rotatable bonds is 7. The molecular weight excluding hydrogens is 268 g/mol. The molecule has 0 atom stereocenters. The Morgan fingerprint density at radius 1 is 1.00 bits per heavy atom. The minimum Gasteiger partial charge on any atom is -0.368 e. The molecule has 0 aromatic rings. The van der Waals surface area contributed by atoms with Crippen molar-refractivity contribution in [1.29, 1.82) is 0 Å². The van der Waals surface area contributed by atoms with E-state index in [9.17, 15) is 0 Å². The Balaban J connectivity index is 2.63. The molecule has 1 rings (SSSR count). The highest BCUT2D eigenvalue weighted by molar-refractivity contribution is 5.86. The second-order valence-electron chi connectivity index (χ2n) is 5.85. The van der Waals surface area contributed by atoms with E-state index in [-0.39, 0.29) is 0 Å². The molecule has 0 heterocycles. The van der Waals surface area contributed by atoms with Crippen molar-refractivity contribution in [3.05, 3.63) is 60.0 Å². The molecule has 0 bridgehead atoms. The molecule has 0 radical (unpaired) electrons. The zero-order valence-corrected chi connectivity index (χ0v) is 14.4. The van der Waals surface area contributed by atoms with Gasteiger partial charge < -0.3 is 5.32 Å². The summed E-state index contributed by atoms with van der Waals surface area (Å²) >= 11 is 0. The van der Waals surface area contributed by atoms with Gasteiger partial charge in [-0.15, -0.1) is 0 Å². The van der Waals surface area contributed by atoms with Crippen LogP contribution in [0.1, 0.15) is 52.9 Å². The van der Waals surface area contributed by atoms with Crippen LogP contribution in [0.15, 0.2) is 65.0 Å². The maximum atomic E-state index is 4.49. The van der Waals surface area contributed by atoms with Gasteiger partial charge in [-0.3, -0.25) is 0 Å². The van der Waals surface area contributed by atoms with Crippen LogP contribution in [0, 0.1) is 0 Å². The summed E-state index contributed by atoms with van der Waals surface area (Å²) in [4.78, 5) is 4.49. The average Bonchev–Trinajstić information content (AvgIpc) is 2.51. The lowest BCUT2D eigenvalue weighted by atomic mass is 9.96. The van der Waals surface area contributed by atoms with Crippen LogP contribution in [0.4, 0.5) is 0 Å². The van der Waals surface area contributed by atoms with Gasteiger partial charge in [-0.1, -0.05) is 62.3 Å². The fraction of sp³-hybridized carbons (Fsp3) is 0.450. The first kappa shape index (κ1) is 18.2. The summed E-state index contributed by atoms with van der Waals surface area (Å²) in [6.45, 7) is 14.0. The minimum absolute atomic E-state index is 0.539. The molecule has 0 spiro atoms. The van der Waals surface area contributed by atoms with Crippen molar-refractivity contribution in [3.63, 3.8) is 0 Å². The molecule has 1 N–H and O–H groups in total. The highest BCUT2D eigenvalue weighted by Gasteiger charge is 2.12. The van der Waals surface area contributed by atoms with Crippen molar-refractivity contribution in [1.82, 2.24) is 5.32 Å². The number of nitrogens with zero attached hydrogens (tertiary/aromatic N) is 1. The molecule has 0 aromatic heterocycles. The SMILES string of the molecule is C=C(C)\C=C/C(=C\C)C(/C=NC(=C)NC1CCCCC1)=C\C. The maximum absolute atomic E-state index is 4.49. The zero-order chi connectivity index (χ0) is 16.4.